The highest BCUT2D eigenvalue weighted by atomic mass is 15.6. The Hall–Kier alpha value is -4.47. The molecule has 3 aromatic carbocycles. The average Bonchev–Trinajstić information content (AvgIpc) is 3.05. The van der Waals surface area contributed by atoms with Gasteiger partial charge >= 0.3 is 0 Å². The predicted molar refractivity (Wildman–Crippen MR) is 185 cm³/mol. The second kappa shape index (κ2) is 14.6. The van der Waals surface area contributed by atoms with Crippen molar-refractivity contribution in [1.82, 2.24) is 9.99 Å². The number of aromatic nitrogens is 1. The van der Waals surface area contributed by atoms with Gasteiger partial charge in [-0.25, -0.2) is 5.01 Å². The van der Waals surface area contributed by atoms with Gasteiger partial charge in [-0.05, 0) is 85.4 Å². The smallest absolute Gasteiger partial charge is 0.0658 e. The van der Waals surface area contributed by atoms with Crippen LogP contribution in [-0.2, 0) is 5.41 Å². The molecule has 0 saturated carbocycles. The maximum Gasteiger partial charge on any atom is 0.0658 e. The lowest BCUT2D eigenvalue weighted by molar-refractivity contribution is 0.262. The van der Waals surface area contributed by atoms with Crippen LogP contribution in [0.4, 0.5) is 5.69 Å². The maximum absolute atomic E-state index is 4.50. The molecule has 3 heteroatoms. The number of para-hydroxylation sites is 1. The Morgan fingerprint density at radius 1 is 0.767 bits per heavy atom. The minimum atomic E-state index is -0.174. The molecule has 0 saturated heterocycles. The van der Waals surface area contributed by atoms with Gasteiger partial charge in [0.2, 0.25) is 0 Å². The van der Waals surface area contributed by atoms with E-state index in [0.717, 1.165) is 17.0 Å². The number of hydrogen-bond donors (Lipinski definition) is 0. The number of hydrogen-bond acceptors (Lipinski definition) is 3. The van der Waals surface area contributed by atoms with E-state index in [9.17, 15) is 0 Å². The molecule has 0 aliphatic rings. The van der Waals surface area contributed by atoms with E-state index >= 15 is 0 Å². The fourth-order valence-electron chi connectivity index (χ4n) is 5.18. The van der Waals surface area contributed by atoms with Crippen LogP contribution < -0.4 is 5.01 Å². The van der Waals surface area contributed by atoms with Crippen LogP contribution >= 0.6 is 0 Å². The largest absolute Gasteiger partial charge is 0.281 e. The van der Waals surface area contributed by atoms with E-state index in [4.69, 9.17) is 0 Å². The molecule has 0 N–H and O–H groups in total. The van der Waals surface area contributed by atoms with Gasteiger partial charge in [0.1, 0.15) is 0 Å². The molecule has 0 spiro atoms. The molecule has 220 valence electrons. The van der Waals surface area contributed by atoms with E-state index in [1.54, 1.807) is 0 Å². The molecule has 0 aliphatic carbocycles. The third-order valence-electron chi connectivity index (χ3n) is 8.23. The number of benzene rings is 3. The summed E-state index contributed by atoms with van der Waals surface area (Å²) in [7, 11) is 2.16. The molecule has 0 amide bonds. The molecular formula is C40H45N3. The molecule has 0 fully saturated rings. The zero-order valence-corrected chi connectivity index (χ0v) is 26.7. The summed E-state index contributed by atoms with van der Waals surface area (Å²) in [6, 6.07) is 36.4. The van der Waals surface area contributed by atoms with Crippen LogP contribution in [0.5, 0.6) is 0 Å². The van der Waals surface area contributed by atoms with Gasteiger partial charge in [0.05, 0.1) is 17.4 Å². The minimum Gasteiger partial charge on any atom is -0.281 e. The van der Waals surface area contributed by atoms with Crippen molar-refractivity contribution in [3.8, 4) is 0 Å². The van der Waals surface area contributed by atoms with Crippen LogP contribution in [0.15, 0.2) is 145 Å². The van der Waals surface area contributed by atoms with Crippen molar-refractivity contribution in [3.05, 3.63) is 168 Å². The van der Waals surface area contributed by atoms with Gasteiger partial charge in [-0.2, -0.15) is 0 Å². The molecule has 4 rings (SSSR count). The molecular weight excluding hydrogens is 522 g/mol. The van der Waals surface area contributed by atoms with E-state index in [0.29, 0.717) is 0 Å². The van der Waals surface area contributed by atoms with Crippen LogP contribution in [0.25, 0.3) is 11.1 Å². The molecule has 1 unspecified atom stereocenters. The Balaban J connectivity index is 1.60. The van der Waals surface area contributed by atoms with E-state index in [-0.39, 0.29) is 11.5 Å². The third-order valence-corrected chi connectivity index (χ3v) is 8.23. The lowest BCUT2D eigenvalue weighted by Gasteiger charge is -2.36. The van der Waals surface area contributed by atoms with Gasteiger partial charge in [-0.15, -0.1) is 0 Å². The first-order valence-electron chi connectivity index (χ1n) is 15.1. The van der Waals surface area contributed by atoms with Gasteiger partial charge in [-0.1, -0.05) is 117 Å². The summed E-state index contributed by atoms with van der Waals surface area (Å²) >= 11 is 0. The summed E-state index contributed by atoms with van der Waals surface area (Å²) in [4.78, 5) is 4.50. The van der Waals surface area contributed by atoms with Crippen molar-refractivity contribution >= 4 is 16.8 Å². The first kappa shape index (κ1) is 31.5. The van der Waals surface area contributed by atoms with Crippen molar-refractivity contribution in [2.75, 3.05) is 12.1 Å². The second-order valence-electron chi connectivity index (χ2n) is 11.5. The van der Waals surface area contributed by atoms with Gasteiger partial charge in [0, 0.05) is 24.9 Å². The van der Waals surface area contributed by atoms with Gasteiger partial charge in [-0.3, -0.25) is 9.99 Å². The Morgan fingerprint density at radius 3 is 2.00 bits per heavy atom. The minimum absolute atomic E-state index is 0.145. The Kier molecular flexibility index (Phi) is 10.7. The summed E-state index contributed by atoms with van der Waals surface area (Å²) in [6.07, 6.45) is 12.8. The van der Waals surface area contributed by atoms with Crippen LogP contribution in [0, 0.1) is 0 Å². The van der Waals surface area contributed by atoms with E-state index in [1.165, 1.54) is 27.8 Å². The molecule has 3 nitrogen and oxygen atoms in total. The van der Waals surface area contributed by atoms with Crippen LogP contribution in [0.1, 0.15) is 70.0 Å². The van der Waals surface area contributed by atoms with Gasteiger partial charge in [0.25, 0.3) is 0 Å². The fraction of sp³-hybridized carbons (Fsp3) is 0.225. The SMILES string of the molecule is C\C=C/C(=C\C=C(/C)c1ccccn1)C(C)(C)c1ccc(C(C)N(C)N(/C=C(\C)c2ccccc2)c2ccccc2)cc1. The lowest BCUT2D eigenvalue weighted by Crippen LogP contribution is -2.38. The Bertz CT molecular complexity index is 1560. The molecule has 1 atom stereocenters. The highest BCUT2D eigenvalue weighted by Crippen LogP contribution is 2.35. The van der Waals surface area contributed by atoms with E-state index in [2.05, 4.69) is 185 Å². The molecule has 1 heterocycles. The van der Waals surface area contributed by atoms with Crippen molar-refractivity contribution < 1.29 is 0 Å². The Morgan fingerprint density at radius 2 is 1.40 bits per heavy atom. The number of nitrogens with zero attached hydrogens (tertiary/aromatic N) is 3. The van der Waals surface area contributed by atoms with Gasteiger partial charge in [0.15, 0.2) is 0 Å². The van der Waals surface area contributed by atoms with Crippen molar-refractivity contribution in [2.24, 2.45) is 0 Å². The van der Waals surface area contributed by atoms with E-state index in [1.807, 2.05) is 18.3 Å². The monoisotopic (exact) mass is 567 g/mol. The third kappa shape index (κ3) is 7.88. The molecule has 43 heavy (non-hydrogen) atoms. The summed E-state index contributed by atoms with van der Waals surface area (Å²) in [5.41, 5.74) is 9.30. The zero-order valence-electron chi connectivity index (χ0n) is 26.7. The van der Waals surface area contributed by atoms with Crippen molar-refractivity contribution in [1.29, 1.82) is 0 Å². The molecule has 0 radical (unpaired) electrons. The highest BCUT2D eigenvalue weighted by molar-refractivity contribution is 5.67. The normalized spacial score (nSPS) is 13.9. The predicted octanol–water partition coefficient (Wildman–Crippen LogP) is 10.4. The van der Waals surface area contributed by atoms with Crippen molar-refractivity contribution in [3.63, 3.8) is 0 Å². The maximum atomic E-state index is 4.50. The highest BCUT2D eigenvalue weighted by Gasteiger charge is 2.25. The van der Waals surface area contributed by atoms with Crippen LogP contribution in [0.3, 0.4) is 0 Å². The van der Waals surface area contributed by atoms with Crippen molar-refractivity contribution in [2.45, 2.75) is 53.0 Å². The van der Waals surface area contributed by atoms with Crippen LogP contribution in [-0.4, -0.2) is 17.0 Å². The number of hydrazine groups is 1. The first-order chi connectivity index (χ1) is 20.7. The second-order valence-corrected chi connectivity index (χ2v) is 11.5. The number of allylic oxidation sites excluding steroid dienone is 7. The standard InChI is InChI=1S/C40H45N3/c1-8-17-36(26-23-31(2)39-22-15-16-29-41-39)40(5,6)37-27-24-35(25-28-37)33(4)42(7)43(38-20-13-10-14-21-38)30-32(3)34-18-11-9-12-19-34/h8-30,33H,1-7H3/b17-8-,31-23+,32-30+,36-26+. The zero-order chi connectivity index (χ0) is 30.8. The quantitative estimate of drug-likeness (QED) is 0.133. The summed E-state index contributed by atoms with van der Waals surface area (Å²) in [6.45, 7) is 13.2. The van der Waals surface area contributed by atoms with E-state index < -0.39 is 0 Å². The average molecular weight is 568 g/mol. The summed E-state index contributed by atoms with van der Waals surface area (Å²) in [5.74, 6) is 0. The molecule has 4 aromatic rings. The first-order valence-corrected chi connectivity index (χ1v) is 15.1. The van der Waals surface area contributed by atoms with Gasteiger partial charge < -0.3 is 0 Å². The topological polar surface area (TPSA) is 19.4 Å². The fourth-order valence-corrected chi connectivity index (χ4v) is 5.18. The molecule has 0 aliphatic heterocycles. The molecule has 1 aromatic heterocycles. The van der Waals surface area contributed by atoms with Crippen LogP contribution in [0.2, 0.25) is 0 Å². The molecule has 0 bridgehead atoms. The lowest BCUT2D eigenvalue weighted by atomic mass is 9.76. The summed E-state index contributed by atoms with van der Waals surface area (Å²) < 4.78 is 0. The summed E-state index contributed by atoms with van der Waals surface area (Å²) in [5, 5.41) is 4.56. The number of anilines is 1. The number of pyridine rings is 1. The Labute approximate surface area is 259 Å². The number of rotatable bonds is 11.